The van der Waals surface area contributed by atoms with Gasteiger partial charge in [0.1, 0.15) is 0 Å². The lowest BCUT2D eigenvalue weighted by atomic mass is 10.0. The van der Waals surface area contributed by atoms with Gasteiger partial charge in [-0.3, -0.25) is 0 Å². The summed E-state index contributed by atoms with van der Waals surface area (Å²) in [7, 11) is -0.907. The summed E-state index contributed by atoms with van der Waals surface area (Å²) >= 11 is 5.95. The van der Waals surface area contributed by atoms with Crippen molar-refractivity contribution in [1.29, 1.82) is 0 Å². The maximum absolute atomic E-state index is 13.6. The summed E-state index contributed by atoms with van der Waals surface area (Å²) in [4.78, 5) is 0.0921. The first-order chi connectivity index (χ1) is 15.3. The highest BCUT2D eigenvalue weighted by atomic mass is 35.5. The molecule has 0 aliphatic rings. The number of halogens is 1. The zero-order chi connectivity index (χ0) is 23.3. The summed E-state index contributed by atoms with van der Waals surface area (Å²) in [5.41, 5.74) is 1.32. The fourth-order valence-electron chi connectivity index (χ4n) is 3.43. The summed E-state index contributed by atoms with van der Waals surface area (Å²) in [6.45, 7) is 1.71. The van der Waals surface area contributed by atoms with Crippen LogP contribution in [0.3, 0.4) is 0 Å². The highest BCUT2D eigenvalue weighted by Gasteiger charge is 2.34. The van der Waals surface area contributed by atoms with Gasteiger partial charge in [-0.15, -0.1) is 0 Å². The van der Waals surface area contributed by atoms with E-state index in [-0.39, 0.29) is 11.4 Å². The first-order valence-electron chi connectivity index (χ1n) is 9.99. The van der Waals surface area contributed by atoms with Crippen LogP contribution in [0.25, 0.3) is 0 Å². The fraction of sp³-hybridized carbons (Fsp3) is 0.250. The second-order valence-electron chi connectivity index (χ2n) is 7.29. The Morgan fingerprint density at radius 3 is 2.16 bits per heavy atom. The first kappa shape index (κ1) is 24.1. The molecule has 0 bridgehead atoms. The van der Waals surface area contributed by atoms with E-state index in [4.69, 9.17) is 21.1 Å². The van der Waals surface area contributed by atoms with Gasteiger partial charge in [-0.25, -0.2) is 8.42 Å². The van der Waals surface area contributed by atoms with E-state index in [9.17, 15) is 13.5 Å². The average molecular weight is 476 g/mol. The van der Waals surface area contributed by atoms with Crippen molar-refractivity contribution in [3.05, 3.63) is 88.9 Å². The van der Waals surface area contributed by atoms with E-state index in [1.54, 1.807) is 49.4 Å². The minimum Gasteiger partial charge on any atom is -0.493 e. The van der Waals surface area contributed by atoms with Crippen molar-refractivity contribution in [2.24, 2.45) is 0 Å². The average Bonchev–Trinajstić information content (AvgIpc) is 2.82. The monoisotopic (exact) mass is 475 g/mol. The molecule has 3 aromatic rings. The van der Waals surface area contributed by atoms with Crippen molar-refractivity contribution in [3.8, 4) is 11.5 Å². The van der Waals surface area contributed by atoms with Gasteiger partial charge in [0.05, 0.1) is 31.3 Å². The van der Waals surface area contributed by atoms with Crippen molar-refractivity contribution < 1.29 is 23.0 Å². The smallest absolute Gasteiger partial charge is 0.243 e. The summed E-state index contributed by atoms with van der Waals surface area (Å²) in [6.07, 6.45) is -1.03. The molecule has 0 saturated heterocycles. The van der Waals surface area contributed by atoms with Gasteiger partial charge in [0.2, 0.25) is 10.0 Å². The van der Waals surface area contributed by atoms with E-state index in [1.165, 1.54) is 42.8 Å². The quantitative estimate of drug-likeness (QED) is 0.486. The van der Waals surface area contributed by atoms with Crippen LogP contribution in [0.15, 0.2) is 77.7 Å². The lowest BCUT2D eigenvalue weighted by molar-refractivity contribution is 0.0960. The zero-order valence-electron chi connectivity index (χ0n) is 18.1. The zero-order valence-corrected chi connectivity index (χ0v) is 19.7. The van der Waals surface area contributed by atoms with Crippen LogP contribution in [0.5, 0.6) is 11.5 Å². The van der Waals surface area contributed by atoms with Crippen LogP contribution in [0, 0.1) is 0 Å². The molecule has 0 aromatic heterocycles. The summed E-state index contributed by atoms with van der Waals surface area (Å²) in [5, 5.41) is 11.4. The number of hydrogen-bond donors (Lipinski definition) is 1. The van der Waals surface area contributed by atoms with Gasteiger partial charge < -0.3 is 14.6 Å². The van der Waals surface area contributed by atoms with Gasteiger partial charge in [0.25, 0.3) is 0 Å². The van der Waals surface area contributed by atoms with E-state index in [0.29, 0.717) is 27.6 Å². The first-order valence-corrected chi connectivity index (χ1v) is 11.8. The maximum atomic E-state index is 13.6. The van der Waals surface area contributed by atoms with Crippen LogP contribution < -0.4 is 9.47 Å². The summed E-state index contributed by atoms with van der Waals surface area (Å²) in [5.74, 6) is 1.03. The lowest BCUT2D eigenvalue weighted by Crippen LogP contribution is -2.41. The topological polar surface area (TPSA) is 76.1 Å². The predicted molar refractivity (Wildman–Crippen MR) is 125 cm³/mol. The fourth-order valence-corrected chi connectivity index (χ4v) is 5.18. The van der Waals surface area contributed by atoms with Crippen LogP contribution in [-0.2, 0) is 16.6 Å². The number of aliphatic hydroxyl groups is 1. The van der Waals surface area contributed by atoms with Gasteiger partial charge in [-0.1, -0.05) is 48.0 Å². The molecule has 0 spiro atoms. The number of methoxy groups -OCH3 is 2. The predicted octanol–water partition coefficient (Wildman–Crippen LogP) is 4.67. The second kappa shape index (κ2) is 10.4. The molecule has 170 valence electrons. The molecule has 3 rings (SSSR count). The lowest BCUT2D eigenvalue weighted by Gasteiger charge is -2.32. The number of nitrogens with zero attached hydrogens (tertiary/aromatic N) is 1. The normalized spacial score (nSPS) is 13.6. The second-order valence-corrected chi connectivity index (χ2v) is 9.62. The van der Waals surface area contributed by atoms with Crippen molar-refractivity contribution in [3.63, 3.8) is 0 Å². The van der Waals surface area contributed by atoms with E-state index in [0.717, 1.165) is 0 Å². The van der Waals surface area contributed by atoms with Gasteiger partial charge in [0.15, 0.2) is 11.5 Å². The molecular formula is C24H26ClNO5S. The minimum atomic E-state index is -3.96. The number of hydrogen-bond acceptors (Lipinski definition) is 5. The van der Waals surface area contributed by atoms with Crippen LogP contribution >= 0.6 is 11.6 Å². The maximum Gasteiger partial charge on any atom is 0.243 e. The highest BCUT2D eigenvalue weighted by molar-refractivity contribution is 7.89. The molecule has 0 aliphatic carbocycles. The summed E-state index contributed by atoms with van der Waals surface area (Å²) in [6, 6.07) is 19.4. The minimum absolute atomic E-state index is 0.0242. The molecule has 3 aromatic carbocycles. The van der Waals surface area contributed by atoms with E-state index >= 15 is 0 Å². The van der Waals surface area contributed by atoms with Gasteiger partial charge in [-0.2, -0.15) is 4.31 Å². The molecule has 0 unspecified atom stereocenters. The Kier molecular flexibility index (Phi) is 7.79. The third kappa shape index (κ3) is 5.24. The molecule has 0 aliphatic heterocycles. The van der Waals surface area contributed by atoms with Crippen LogP contribution in [0.2, 0.25) is 5.02 Å². The number of sulfonamides is 1. The molecule has 8 heteroatoms. The Morgan fingerprint density at radius 2 is 1.56 bits per heavy atom. The van der Waals surface area contributed by atoms with Crippen LogP contribution in [-0.4, -0.2) is 38.1 Å². The highest BCUT2D eigenvalue weighted by Crippen LogP contribution is 2.32. The van der Waals surface area contributed by atoms with Gasteiger partial charge in [-0.05, 0) is 54.4 Å². The Morgan fingerprint density at radius 1 is 0.938 bits per heavy atom. The van der Waals surface area contributed by atoms with Crippen molar-refractivity contribution in [2.45, 2.75) is 30.5 Å². The molecule has 1 N–H and O–H groups in total. The number of benzene rings is 3. The molecule has 0 radical (unpaired) electrons. The third-order valence-electron chi connectivity index (χ3n) is 5.26. The Labute approximate surface area is 194 Å². The molecule has 0 saturated carbocycles. The summed E-state index contributed by atoms with van der Waals surface area (Å²) < 4.78 is 39.2. The molecule has 32 heavy (non-hydrogen) atoms. The van der Waals surface area contributed by atoms with Gasteiger partial charge >= 0.3 is 0 Å². The largest absolute Gasteiger partial charge is 0.493 e. The molecule has 0 amide bonds. The molecule has 2 atom stereocenters. The SMILES string of the molecule is COc1ccc(CN([C@@H](C)[C@@H](O)c2ccccc2)S(=O)(=O)c2ccc(Cl)cc2)cc1OC. The van der Waals surface area contributed by atoms with Crippen LogP contribution in [0.1, 0.15) is 24.2 Å². The van der Waals surface area contributed by atoms with E-state index in [1.807, 2.05) is 6.07 Å². The van der Waals surface area contributed by atoms with Gasteiger partial charge in [0, 0.05) is 11.6 Å². The molecule has 0 fully saturated rings. The Hall–Kier alpha value is -2.58. The van der Waals surface area contributed by atoms with E-state index in [2.05, 4.69) is 0 Å². The Bertz CT molecular complexity index is 1140. The van der Waals surface area contributed by atoms with Crippen LogP contribution in [0.4, 0.5) is 0 Å². The molecule has 6 nitrogen and oxygen atoms in total. The number of rotatable bonds is 9. The standard InChI is InChI=1S/C24H26ClNO5S/c1-17(24(27)19-7-5-4-6-8-19)26(32(28,29)21-12-10-20(25)11-13-21)16-18-9-14-22(30-2)23(15-18)31-3/h4-15,17,24,27H,16H2,1-3H3/t17-,24+/m0/s1. The third-order valence-corrected chi connectivity index (χ3v) is 7.46. The number of aliphatic hydroxyl groups excluding tert-OH is 1. The van der Waals surface area contributed by atoms with Crippen molar-refractivity contribution >= 4 is 21.6 Å². The van der Waals surface area contributed by atoms with E-state index < -0.39 is 22.2 Å². The molecular weight excluding hydrogens is 450 g/mol. The molecule has 0 heterocycles. The van der Waals surface area contributed by atoms with Crippen molar-refractivity contribution in [1.82, 2.24) is 4.31 Å². The van der Waals surface area contributed by atoms with Crippen molar-refractivity contribution in [2.75, 3.05) is 14.2 Å². The number of ether oxygens (including phenoxy) is 2. The Balaban J connectivity index is 2.03.